The van der Waals surface area contributed by atoms with E-state index in [2.05, 4.69) is 0 Å². The summed E-state index contributed by atoms with van der Waals surface area (Å²) < 4.78 is 16.2. The number of carbonyl (C=O) groups is 2. The molecule has 176 valence electrons. The maximum atomic E-state index is 13.0. The molecule has 0 spiro atoms. The summed E-state index contributed by atoms with van der Waals surface area (Å²) in [6.45, 7) is 5.04. The van der Waals surface area contributed by atoms with Gasteiger partial charge in [-0.15, -0.1) is 0 Å². The maximum absolute atomic E-state index is 13.0. The highest BCUT2D eigenvalue weighted by molar-refractivity contribution is 6.46. The van der Waals surface area contributed by atoms with Crippen molar-refractivity contribution >= 4 is 17.4 Å². The fourth-order valence-electron chi connectivity index (χ4n) is 3.70. The highest BCUT2D eigenvalue weighted by atomic mass is 16.5. The van der Waals surface area contributed by atoms with Crippen LogP contribution in [0.1, 0.15) is 37.4 Å². The third kappa shape index (κ3) is 5.12. The van der Waals surface area contributed by atoms with Crippen LogP contribution in [0.15, 0.2) is 48.0 Å². The van der Waals surface area contributed by atoms with Crippen LogP contribution < -0.4 is 9.47 Å². The fourth-order valence-corrected chi connectivity index (χ4v) is 3.70. The van der Waals surface area contributed by atoms with Gasteiger partial charge >= 0.3 is 0 Å². The second-order valence-corrected chi connectivity index (χ2v) is 7.52. The molecule has 8 nitrogen and oxygen atoms in total. The molecule has 2 aromatic rings. The van der Waals surface area contributed by atoms with Gasteiger partial charge in [0.25, 0.3) is 11.7 Å². The number of likely N-dealkylation sites (tertiary alicyclic amines) is 1. The van der Waals surface area contributed by atoms with Crippen LogP contribution in [0.5, 0.6) is 17.2 Å². The van der Waals surface area contributed by atoms with Crippen molar-refractivity contribution in [2.45, 2.75) is 26.3 Å². The van der Waals surface area contributed by atoms with E-state index in [1.165, 1.54) is 18.1 Å². The molecule has 1 heterocycles. The van der Waals surface area contributed by atoms with E-state index >= 15 is 0 Å². The number of Topliss-reactive ketones (excluding diaryl/α,β-unsaturated/α-hetero) is 1. The molecule has 33 heavy (non-hydrogen) atoms. The van der Waals surface area contributed by atoms with Gasteiger partial charge in [-0.2, -0.15) is 0 Å². The predicted octanol–water partition coefficient (Wildman–Crippen LogP) is 3.65. The van der Waals surface area contributed by atoms with Gasteiger partial charge in [0, 0.05) is 19.2 Å². The lowest BCUT2D eigenvalue weighted by atomic mass is 9.95. The van der Waals surface area contributed by atoms with Crippen molar-refractivity contribution in [2.75, 3.05) is 33.5 Å². The Kier molecular flexibility index (Phi) is 7.95. The van der Waals surface area contributed by atoms with Gasteiger partial charge in [0.1, 0.15) is 11.5 Å². The number of nitrogens with zero attached hydrogens (tertiary/aromatic N) is 1. The largest absolute Gasteiger partial charge is 0.507 e. The molecule has 0 aliphatic carbocycles. The van der Waals surface area contributed by atoms with E-state index in [0.29, 0.717) is 30.1 Å². The van der Waals surface area contributed by atoms with Gasteiger partial charge in [-0.05, 0) is 55.3 Å². The molecular weight excluding hydrogens is 426 g/mol. The number of methoxy groups -OCH3 is 1. The molecule has 2 aromatic carbocycles. The monoisotopic (exact) mass is 455 g/mol. The quantitative estimate of drug-likeness (QED) is 0.320. The minimum Gasteiger partial charge on any atom is -0.507 e. The second kappa shape index (κ2) is 10.9. The average Bonchev–Trinajstić information content (AvgIpc) is 3.07. The second-order valence-electron chi connectivity index (χ2n) is 7.52. The molecule has 1 atom stereocenters. The van der Waals surface area contributed by atoms with Crippen LogP contribution in [0, 0.1) is 0 Å². The van der Waals surface area contributed by atoms with Crippen molar-refractivity contribution in [1.29, 1.82) is 0 Å². The predicted molar refractivity (Wildman–Crippen MR) is 122 cm³/mol. The van der Waals surface area contributed by atoms with Gasteiger partial charge in [0.05, 0.1) is 31.4 Å². The van der Waals surface area contributed by atoms with Crippen molar-refractivity contribution < 1.29 is 34.0 Å². The summed E-state index contributed by atoms with van der Waals surface area (Å²) in [5, 5.41) is 21.2. The van der Waals surface area contributed by atoms with Crippen LogP contribution in [-0.2, 0) is 14.3 Å². The Morgan fingerprint density at radius 3 is 2.39 bits per heavy atom. The van der Waals surface area contributed by atoms with Crippen molar-refractivity contribution in [3.8, 4) is 17.2 Å². The average molecular weight is 456 g/mol. The van der Waals surface area contributed by atoms with E-state index in [-0.39, 0.29) is 36.0 Å². The zero-order valence-corrected chi connectivity index (χ0v) is 19.0. The highest BCUT2D eigenvalue weighted by Gasteiger charge is 2.46. The van der Waals surface area contributed by atoms with Crippen molar-refractivity contribution in [3.63, 3.8) is 0 Å². The minimum atomic E-state index is -0.865. The summed E-state index contributed by atoms with van der Waals surface area (Å²) >= 11 is 0. The lowest BCUT2D eigenvalue weighted by Gasteiger charge is -2.25. The van der Waals surface area contributed by atoms with Gasteiger partial charge in [0.2, 0.25) is 0 Å². The SMILES string of the molecule is CCCOc1ccc(/C(O)=C2\C(=O)C(=O)N(CCOC)C2c2ccc(O)c(OCC)c2)cc1. The highest BCUT2D eigenvalue weighted by Crippen LogP contribution is 2.41. The number of phenolic OH excluding ortho intramolecular Hbond substituents is 1. The number of aromatic hydroxyl groups is 1. The molecular formula is C25H29NO7. The molecule has 1 amide bonds. The van der Waals surface area contributed by atoms with Gasteiger partial charge in [-0.1, -0.05) is 13.0 Å². The number of rotatable bonds is 10. The van der Waals surface area contributed by atoms with E-state index in [4.69, 9.17) is 14.2 Å². The van der Waals surface area contributed by atoms with Gasteiger partial charge < -0.3 is 29.3 Å². The Hall–Kier alpha value is -3.52. The molecule has 8 heteroatoms. The number of carbonyl (C=O) groups excluding carboxylic acids is 2. The number of aliphatic hydroxyl groups excluding tert-OH is 1. The molecule has 1 aliphatic rings. The molecule has 1 unspecified atom stereocenters. The summed E-state index contributed by atoms with van der Waals surface area (Å²) in [4.78, 5) is 27.2. The minimum absolute atomic E-state index is 0.0357. The number of amides is 1. The maximum Gasteiger partial charge on any atom is 0.295 e. The molecule has 0 radical (unpaired) electrons. The van der Waals surface area contributed by atoms with Crippen LogP contribution >= 0.6 is 0 Å². The van der Waals surface area contributed by atoms with Crippen LogP contribution in [0.4, 0.5) is 0 Å². The topological polar surface area (TPSA) is 106 Å². The molecule has 0 bridgehead atoms. The van der Waals surface area contributed by atoms with Crippen LogP contribution in [0.25, 0.3) is 5.76 Å². The first-order valence-corrected chi connectivity index (χ1v) is 10.9. The molecule has 0 saturated carbocycles. The molecule has 3 rings (SSSR count). The lowest BCUT2D eigenvalue weighted by Crippen LogP contribution is -2.32. The Bertz CT molecular complexity index is 1030. The first kappa shape index (κ1) is 24.1. The third-order valence-corrected chi connectivity index (χ3v) is 5.28. The zero-order chi connectivity index (χ0) is 24.0. The third-order valence-electron chi connectivity index (χ3n) is 5.28. The zero-order valence-electron chi connectivity index (χ0n) is 19.0. The lowest BCUT2D eigenvalue weighted by molar-refractivity contribution is -0.140. The van der Waals surface area contributed by atoms with E-state index in [9.17, 15) is 19.8 Å². The Labute approximate surface area is 193 Å². The number of ketones is 1. The number of hydrogen-bond acceptors (Lipinski definition) is 7. The summed E-state index contributed by atoms with van der Waals surface area (Å²) in [6.07, 6.45) is 0.864. The standard InChI is InChI=1S/C25H29NO7/c1-4-13-33-18-9-6-16(7-10-18)23(28)21-22(26(12-14-31-3)25(30)24(21)29)17-8-11-19(27)20(15-17)32-5-2/h6-11,15,22,27-28H,4-5,12-14H2,1-3H3/b23-21+. The van der Waals surface area contributed by atoms with E-state index in [1.54, 1.807) is 43.3 Å². The van der Waals surface area contributed by atoms with E-state index < -0.39 is 17.7 Å². The molecule has 1 aliphatic heterocycles. The van der Waals surface area contributed by atoms with Crippen molar-refractivity contribution in [2.24, 2.45) is 0 Å². The smallest absolute Gasteiger partial charge is 0.295 e. The van der Waals surface area contributed by atoms with Crippen molar-refractivity contribution in [1.82, 2.24) is 4.90 Å². The number of ether oxygens (including phenoxy) is 3. The molecule has 1 fully saturated rings. The van der Waals surface area contributed by atoms with Crippen LogP contribution in [-0.4, -0.2) is 60.3 Å². The van der Waals surface area contributed by atoms with Crippen LogP contribution in [0.2, 0.25) is 0 Å². The number of aliphatic hydroxyl groups is 1. The molecule has 2 N–H and O–H groups in total. The normalized spacial score (nSPS) is 17.4. The van der Waals surface area contributed by atoms with Gasteiger partial charge in [0.15, 0.2) is 11.5 Å². The van der Waals surface area contributed by atoms with Gasteiger partial charge in [-0.3, -0.25) is 9.59 Å². The first-order valence-electron chi connectivity index (χ1n) is 10.9. The summed E-state index contributed by atoms with van der Waals surface area (Å²) in [5.41, 5.74) is 0.875. The Balaban J connectivity index is 2.09. The van der Waals surface area contributed by atoms with E-state index in [0.717, 1.165) is 6.42 Å². The first-order chi connectivity index (χ1) is 15.9. The summed E-state index contributed by atoms with van der Waals surface area (Å²) in [5.74, 6) is -0.989. The van der Waals surface area contributed by atoms with E-state index in [1.807, 2.05) is 6.92 Å². The summed E-state index contributed by atoms with van der Waals surface area (Å²) in [6, 6.07) is 10.4. The Morgan fingerprint density at radius 1 is 1.03 bits per heavy atom. The number of benzene rings is 2. The van der Waals surface area contributed by atoms with Crippen LogP contribution in [0.3, 0.4) is 0 Å². The molecule has 1 saturated heterocycles. The number of phenols is 1. The fraction of sp³-hybridized carbons (Fsp3) is 0.360. The number of hydrogen-bond donors (Lipinski definition) is 2. The van der Waals surface area contributed by atoms with Gasteiger partial charge in [-0.25, -0.2) is 0 Å². The molecule has 0 aromatic heterocycles. The van der Waals surface area contributed by atoms with Crippen molar-refractivity contribution in [3.05, 3.63) is 59.2 Å². The summed E-state index contributed by atoms with van der Waals surface area (Å²) in [7, 11) is 1.50. The Morgan fingerprint density at radius 2 is 1.76 bits per heavy atom.